The third-order valence-electron chi connectivity index (χ3n) is 2.26. The molecule has 6 nitrogen and oxygen atoms in total. The summed E-state index contributed by atoms with van der Waals surface area (Å²) in [5.41, 5.74) is 0.665. The van der Waals surface area contributed by atoms with Gasteiger partial charge in [-0.25, -0.2) is 0 Å². The van der Waals surface area contributed by atoms with Crippen molar-refractivity contribution in [2.24, 2.45) is 5.92 Å². The van der Waals surface area contributed by atoms with Crippen molar-refractivity contribution in [3.8, 4) is 0 Å². The van der Waals surface area contributed by atoms with Crippen LogP contribution in [0, 0.1) is 16.0 Å². The number of nitrogens with zero attached hydrogens (tertiary/aromatic N) is 2. The molecule has 1 N–H and O–H groups in total. The first-order chi connectivity index (χ1) is 8.08. The first kappa shape index (κ1) is 11.4. The van der Waals surface area contributed by atoms with Crippen molar-refractivity contribution >= 4 is 22.8 Å². The third-order valence-corrected chi connectivity index (χ3v) is 2.26. The summed E-state index contributed by atoms with van der Waals surface area (Å²) in [6.07, 6.45) is 0. The van der Waals surface area contributed by atoms with Crippen LogP contribution < -0.4 is 5.32 Å². The molecular weight excluding hydrogens is 222 g/mol. The van der Waals surface area contributed by atoms with Crippen LogP contribution in [0.5, 0.6) is 0 Å². The predicted octanol–water partition coefficient (Wildman–Crippen LogP) is 2.80. The highest BCUT2D eigenvalue weighted by atomic mass is 16.6. The van der Waals surface area contributed by atoms with Crippen molar-refractivity contribution in [2.75, 3.05) is 11.9 Å². The predicted molar refractivity (Wildman–Crippen MR) is 64.0 cm³/mol. The maximum Gasteiger partial charge on any atom is 0.298 e. The normalized spacial score (nSPS) is 11.0. The fraction of sp³-hybridized carbons (Fsp3) is 0.364. The van der Waals surface area contributed by atoms with Crippen LogP contribution in [-0.4, -0.2) is 16.5 Å². The van der Waals surface area contributed by atoms with Gasteiger partial charge in [0.25, 0.3) is 11.7 Å². The van der Waals surface area contributed by atoms with Crippen LogP contribution in [0.15, 0.2) is 22.6 Å². The number of nitro benzene ring substituents is 1. The van der Waals surface area contributed by atoms with Crippen LogP contribution in [0.1, 0.15) is 13.8 Å². The van der Waals surface area contributed by atoms with Gasteiger partial charge in [0.1, 0.15) is 0 Å². The Labute approximate surface area is 97.8 Å². The van der Waals surface area contributed by atoms with Gasteiger partial charge in [0.15, 0.2) is 11.1 Å². The molecule has 6 heteroatoms. The Hall–Kier alpha value is -2.11. The quantitative estimate of drug-likeness (QED) is 0.650. The number of non-ortho nitro benzene ring substituents is 1. The highest BCUT2D eigenvalue weighted by molar-refractivity contribution is 5.83. The van der Waals surface area contributed by atoms with E-state index in [2.05, 4.69) is 24.1 Å². The number of para-hydroxylation sites is 1. The number of rotatable bonds is 4. The lowest BCUT2D eigenvalue weighted by molar-refractivity contribution is -0.383. The summed E-state index contributed by atoms with van der Waals surface area (Å²) in [6.45, 7) is 4.82. The van der Waals surface area contributed by atoms with Gasteiger partial charge in [-0.2, -0.15) is 4.98 Å². The Morgan fingerprint density at radius 3 is 2.94 bits per heavy atom. The minimum Gasteiger partial charge on any atom is -0.423 e. The largest absolute Gasteiger partial charge is 0.423 e. The summed E-state index contributed by atoms with van der Waals surface area (Å²) in [5.74, 6) is 0.444. The number of aromatic nitrogens is 1. The Kier molecular flexibility index (Phi) is 2.95. The molecule has 0 saturated heterocycles. The molecule has 0 fully saturated rings. The van der Waals surface area contributed by atoms with Gasteiger partial charge < -0.3 is 9.73 Å². The molecule has 17 heavy (non-hydrogen) atoms. The lowest BCUT2D eigenvalue weighted by Crippen LogP contribution is -2.07. The van der Waals surface area contributed by atoms with Gasteiger partial charge in [-0.3, -0.25) is 10.1 Å². The Morgan fingerprint density at radius 2 is 2.29 bits per heavy atom. The highest BCUT2D eigenvalue weighted by Gasteiger charge is 2.17. The number of anilines is 1. The van der Waals surface area contributed by atoms with Gasteiger partial charge in [-0.1, -0.05) is 19.9 Å². The molecule has 1 aromatic carbocycles. The van der Waals surface area contributed by atoms with E-state index in [-0.39, 0.29) is 11.2 Å². The van der Waals surface area contributed by atoms with Gasteiger partial charge in [-0.05, 0) is 12.0 Å². The van der Waals surface area contributed by atoms with Crippen LogP contribution in [0.25, 0.3) is 11.1 Å². The lowest BCUT2D eigenvalue weighted by atomic mass is 10.2. The van der Waals surface area contributed by atoms with Crippen molar-refractivity contribution in [1.29, 1.82) is 0 Å². The fourth-order valence-corrected chi connectivity index (χ4v) is 1.45. The van der Waals surface area contributed by atoms with Crippen LogP contribution >= 0.6 is 0 Å². The minimum absolute atomic E-state index is 0.0381. The molecule has 0 amide bonds. The number of hydrogen-bond donors (Lipinski definition) is 1. The molecule has 0 aliphatic heterocycles. The standard InChI is InChI=1S/C11H13N3O3/c1-7(2)6-12-11-13-10-8(14(15)16)4-3-5-9(10)17-11/h3-5,7H,6H2,1-2H3,(H,12,13). The molecule has 0 unspecified atom stereocenters. The number of benzene rings is 1. The first-order valence-corrected chi connectivity index (χ1v) is 5.35. The van der Waals surface area contributed by atoms with Crippen LogP contribution in [0.3, 0.4) is 0 Å². The van der Waals surface area contributed by atoms with E-state index in [9.17, 15) is 10.1 Å². The summed E-state index contributed by atoms with van der Waals surface area (Å²) in [6, 6.07) is 4.98. The average Bonchev–Trinajstić information content (AvgIpc) is 2.68. The van der Waals surface area contributed by atoms with E-state index in [1.807, 2.05) is 0 Å². The molecule has 0 atom stereocenters. The number of oxazole rings is 1. The van der Waals surface area contributed by atoms with Gasteiger partial charge >= 0.3 is 0 Å². The minimum atomic E-state index is -0.461. The van der Waals surface area contributed by atoms with E-state index in [1.54, 1.807) is 12.1 Å². The molecular formula is C11H13N3O3. The maximum atomic E-state index is 10.8. The topological polar surface area (TPSA) is 81.2 Å². The second-order valence-electron chi connectivity index (χ2n) is 4.17. The molecule has 0 radical (unpaired) electrons. The molecule has 1 heterocycles. The third kappa shape index (κ3) is 2.35. The zero-order valence-corrected chi connectivity index (χ0v) is 9.64. The molecule has 0 bridgehead atoms. The van der Waals surface area contributed by atoms with E-state index in [0.717, 1.165) is 0 Å². The number of nitrogens with one attached hydrogen (secondary N) is 1. The SMILES string of the molecule is CC(C)CNc1nc2c([N+](=O)[O-])cccc2o1. The Balaban J connectivity index is 2.36. The molecule has 0 saturated carbocycles. The Morgan fingerprint density at radius 1 is 1.53 bits per heavy atom. The van der Waals surface area contributed by atoms with E-state index in [4.69, 9.17) is 4.42 Å². The maximum absolute atomic E-state index is 10.8. The summed E-state index contributed by atoms with van der Waals surface area (Å²) >= 11 is 0. The Bertz CT molecular complexity index is 548. The van der Waals surface area contributed by atoms with Gasteiger partial charge in [0, 0.05) is 12.6 Å². The van der Waals surface area contributed by atoms with Crippen molar-refractivity contribution in [3.63, 3.8) is 0 Å². The fourth-order valence-electron chi connectivity index (χ4n) is 1.45. The van der Waals surface area contributed by atoms with Crippen molar-refractivity contribution in [2.45, 2.75) is 13.8 Å². The smallest absolute Gasteiger partial charge is 0.298 e. The molecule has 1 aromatic heterocycles. The zero-order chi connectivity index (χ0) is 12.4. The summed E-state index contributed by atoms with van der Waals surface area (Å²) in [4.78, 5) is 14.4. The van der Waals surface area contributed by atoms with Crippen LogP contribution in [0.4, 0.5) is 11.7 Å². The zero-order valence-electron chi connectivity index (χ0n) is 9.64. The highest BCUT2D eigenvalue weighted by Crippen LogP contribution is 2.27. The van der Waals surface area contributed by atoms with Crippen molar-refractivity contribution < 1.29 is 9.34 Å². The van der Waals surface area contributed by atoms with Gasteiger partial charge in [0.05, 0.1) is 4.92 Å². The molecule has 0 spiro atoms. The van der Waals surface area contributed by atoms with Crippen LogP contribution in [0.2, 0.25) is 0 Å². The summed E-state index contributed by atoms with van der Waals surface area (Å²) in [7, 11) is 0. The van der Waals surface area contributed by atoms with E-state index in [1.165, 1.54) is 6.07 Å². The molecule has 90 valence electrons. The second-order valence-corrected chi connectivity index (χ2v) is 4.17. The molecule has 2 aromatic rings. The summed E-state index contributed by atoms with van der Waals surface area (Å²) < 4.78 is 5.38. The molecule has 0 aliphatic rings. The van der Waals surface area contributed by atoms with E-state index in [0.29, 0.717) is 24.1 Å². The summed E-state index contributed by atoms with van der Waals surface area (Å²) in [5, 5.41) is 13.8. The number of nitro groups is 1. The van der Waals surface area contributed by atoms with Crippen molar-refractivity contribution in [3.05, 3.63) is 28.3 Å². The van der Waals surface area contributed by atoms with Gasteiger partial charge in [0.2, 0.25) is 0 Å². The monoisotopic (exact) mass is 235 g/mol. The molecule has 0 aliphatic carbocycles. The van der Waals surface area contributed by atoms with E-state index < -0.39 is 4.92 Å². The average molecular weight is 235 g/mol. The first-order valence-electron chi connectivity index (χ1n) is 5.35. The van der Waals surface area contributed by atoms with E-state index >= 15 is 0 Å². The van der Waals surface area contributed by atoms with Crippen molar-refractivity contribution in [1.82, 2.24) is 4.98 Å². The molecule has 2 rings (SSSR count). The number of fused-ring (bicyclic) bond motifs is 1. The number of hydrogen-bond acceptors (Lipinski definition) is 5. The second kappa shape index (κ2) is 4.40. The van der Waals surface area contributed by atoms with Crippen LogP contribution in [-0.2, 0) is 0 Å². The van der Waals surface area contributed by atoms with Gasteiger partial charge in [-0.15, -0.1) is 0 Å². The lowest BCUT2D eigenvalue weighted by Gasteiger charge is -2.03.